The molecule has 0 radical (unpaired) electrons. The number of carbonyl (C=O) groups excluding carboxylic acids is 1. The van der Waals surface area contributed by atoms with Gasteiger partial charge in [-0.1, -0.05) is 33.8 Å². The monoisotopic (exact) mass is 370 g/mol. The Bertz CT molecular complexity index is 859. The fraction of sp³-hybridized carbons (Fsp3) is 0.500. The molecule has 5 heteroatoms. The number of nitrogens with zero attached hydrogens (tertiary/aromatic N) is 1. The lowest BCUT2D eigenvalue weighted by molar-refractivity contribution is 0.1000. The predicted molar refractivity (Wildman–Crippen MR) is 108 cm³/mol. The maximum Gasteiger partial charge on any atom is 0.251 e. The summed E-state index contributed by atoms with van der Waals surface area (Å²) in [6, 6.07) is 5.86. The highest BCUT2D eigenvalue weighted by Crippen LogP contribution is 2.39. The maximum atomic E-state index is 12.3. The van der Waals surface area contributed by atoms with Crippen molar-refractivity contribution in [2.24, 2.45) is 11.1 Å². The lowest BCUT2D eigenvalue weighted by Crippen LogP contribution is -2.15. The second-order valence-corrected chi connectivity index (χ2v) is 8.32. The molecule has 0 aliphatic carbocycles. The van der Waals surface area contributed by atoms with Crippen LogP contribution in [0.3, 0.4) is 0 Å². The second-order valence-electron chi connectivity index (χ2n) is 8.32. The van der Waals surface area contributed by atoms with E-state index in [1.807, 2.05) is 25.1 Å². The first-order valence-electron chi connectivity index (χ1n) is 9.64. The van der Waals surface area contributed by atoms with Gasteiger partial charge in [0.15, 0.2) is 11.5 Å². The Balaban J connectivity index is 2.15. The summed E-state index contributed by atoms with van der Waals surface area (Å²) in [5, 5.41) is 0. The second kappa shape index (κ2) is 7.29. The van der Waals surface area contributed by atoms with Crippen LogP contribution >= 0.6 is 0 Å². The van der Waals surface area contributed by atoms with Gasteiger partial charge < -0.3 is 19.8 Å². The van der Waals surface area contributed by atoms with Crippen LogP contribution in [0.4, 0.5) is 0 Å². The van der Waals surface area contributed by atoms with Crippen LogP contribution in [0.2, 0.25) is 0 Å². The van der Waals surface area contributed by atoms with Gasteiger partial charge in [-0.3, -0.25) is 4.79 Å². The normalized spacial score (nSPS) is 13.7. The van der Waals surface area contributed by atoms with Crippen LogP contribution < -0.4 is 15.2 Å². The molecule has 0 fully saturated rings. The van der Waals surface area contributed by atoms with Gasteiger partial charge in [0.25, 0.3) is 5.91 Å². The molecule has 146 valence electrons. The van der Waals surface area contributed by atoms with Crippen LogP contribution in [-0.2, 0) is 13.0 Å². The van der Waals surface area contributed by atoms with E-state index in [9.17, 15) is 4.79 Å². The minimum atomic E-state index is -0.387. The highest BCUT2D eigenvalue weighted by atomic mass is 16.6. The Morgan fingerprint density at radius 2 is 1.85 bits per heavy atom. The molecular weight excluding hydrogens is 340 g/mol. The van der Waals surface area contributed by atoms with Crippen molar-refractivity contribution in [3.63, 3.8) is 0 Å². The van der Waals surface area contributed by atoms with Crippen molar-refractivity contribution in [3.8, 4) is 22.6 Å². The molecule has 0 bridgehead atoms. The van der Waals surface area contributed by atoms with Crippen molar-refractivity contribution in [1.29, 1.82) is 0 Å². The van der Waals surface area contributed by atoms with Gasteiger partial charge in [0.05, 0.1) is 5.56 Å². The number of benzene rings is 1. The minimum Gasteiger partial charge on any atom is -0.486 e. The number of primary amides is 1. The van der Waals surface area contributed by atoms with Crippen molar-refractivity contribution in [2.75, 3.05) is 13.2 Å². The predicted octanol–water partition coefficient (Wildman–Crippen LogP) is 4.33. The molecule has 0 saturated carbocycles. The summed E-state index contributed by atoms with van der Waals surface area (Å²) >= 11 is 0. The zero-order valence-electron chi connectivity index (χ0n) is 17.0. The van der Waals surface area contributed by atoms with Crippen LogP contribution in [0, 0.1) is 12.3 Å². The fourth-order valence-electron chi connectivity index (χ4n) is 3.73. The van der Waals surface area contributed by atoms with Gasteiger partial charge in [0.2, 0.25) is 0 Å². The third-order valence-corrected chi connectivity index (χ3v) is 5.13. The smallest absolute Gasteiger partial charge is 0.251 e. The van der Waals surface area contributed by atoms with Crippen LogP contribution in [0.15, 0.2) is 18.2 Å². The Morgan fingerprint density at radius 3 is 2.44 bits per heavy atom. The molecule has 2 N–H and O–H groups in total. The molecule has 5 nitrogen and oxygen atoms in total. The van der Waals surface area contributed by atoms with Crippen molar-refractivity contribution in [3.05, 3.63) is 35.2 Å². The first-order chi connectivity index (χ1) is 12.7. The summed E-state index contributed by atoms with van der Waals surface area (Å²) in [4.78, 5) is 12.3. The minimum absolute atomic E-state index is 0.214. The summed E-state index contributed by atoms with van der Waals surface area (Å²) in [5.74, 6) is 1.07. The third-order valence-electron chi connectivity index (χ3n) is 5.13. The quantitative estimate of drug-likeness (QED) is 0.852. The Morgan fingerprint density at radius 1 is 1.19 bits per heavy atom. The van der Waals surface area contributed by atoms with Gasteiger partial charge in [0, 0.05) is 23.5 Å². The van der Waals surface area contributed by atoms with E-state index in [1.54, 1.807) is 0 Å². The molecule has 2 aromatic rings. The number of hydrogen-bond donors (Lipinski definition) is 1. The van der Waals surface area contributed by atoms with Crippen molar-refractivity contribution < 1.29 is 14.3 Å². The topological polar surface area (TPSA) is 66.5 Å². The molecule has 0 spiro atoms. The molecular formula is C22H30N2O3. The average molecular weight is 370 g/mol. The Kier molecular flexibility index (Phi) is 5.22. The zero-order valence-corrected chi connectivity index (χ0v) is 17.0. The first-order valence-corrected chi connectivity index (χ1v) is 9.64. The van der Waals surface area contributed by atoms with Gasteiger partial charge in [-0.15, -0.1) is 0 Å². The molecule has 0 unspecified atom stereocenters. The molecule has 2 heterocycles. The van der Waals surface area contributed by atoms with Gasteiger partial charge >= 0.3 is 0 Å². The van der Waals surface area contributed by atoms with Crippen molar-refractivity contribution in [2.45, 2.75) is 54.0 Å². The van der Waals surface area contributed by atoms with E-state index in [0.717, 1.165) is 53.4 Å². The summed E-state index contributed by atoms with van der Waals surface area (Å²) in [7, 11) is 0. The van der Waals surface area contributed by atoms with Crippen molar-refractivity contribution >= 4 is 5.91 Å². The molecule has 3 rings (SSSR count). The number of fused-ring (bicyclic) bond motifs is 1. The van der Waals surface area contributed by atoms with Gasteiger partial charge in [-0.2, -0.15) is 0 Å². The number of amides is 1. The van der Waals surface area contributed by atoms with Crippen LogP contribution in [0.5, 0.6) is 11.5 Å². The van der Waals surface area contributed by atoms with Gasteiger partial charge in [0.1, 0.15) is 13.2 Å². The van der Waals surface area contributed by atoms with Gasteiger partial charge in [-0.25, -0.2) is 0 Å². The molecule has 0 atom stereocenters. The third kappa shape index (κ3) is 3.82. The number of nitrogens with two attached hydrogens (primary N) is 1. The largest absolute Gasteiger partial charge is 0.486 e. The van der Waals surface area contributed by atoms with E-state index in [1.165, 1.54) is 0 Å². The first kappa shape index (κ1) is 19.3. The summed E-state index contributed by atoms with van der Waals surface area (Å²) < 4.78 is 13.6. The Hall–Kier alpha value is -2.43. The summed E-state index contributed by atoms with van der Waals surface area (Å²) in [5.41, 5.74) is 10.6. The number of rotatable bonds is 5. The molecule has 1 aromatic carbocycles. The summed E-state index contributed by atoms with van der Waals surface area (Å²) in [6.45, 7) is 12.8. The van der Waals surface area contributed by atoms with Gasteiger partial charge in [-0.05, 0) is 42.9 Å². The van der Waals surface area contributed by atoms with E-state index in [4.69, 9.17) is 15.2 Å². The average Bonchev–Trinajstić information content (AvgIpc) is 2.90. The van der Waals surface area contributed by atoms with E-state index in [0.29, 0.717) is 18.8 Å². The molecule has 1 aliphatic rings. The SMILES string of the molecule is CCc1c(-c2ccc3c(c2)OCCO3)c(C(N)=O)c(C)n1CCC(C)(C)C. The van der Waals surface area contributed by atoms with Crippen LogP contribution in [0.1, 0.15) is 55.9 Å². The van der Waals surface area contributed by atoms with Crippen molar-refractivity contribution in [1.82, 2.24) is 4.57 Å². The molecule has 1 aromatic heterocycles. The molecule has 1 aliphatic heterocycles. The van der Waals surface area contributed by atoms with E-state index in [2.05, 4.69) is 32.3 Å². The zero-order chi connectivity index (χ0) is 19.8. The highest BCUT2D eigenvalue weighted by molar-refractivity contribution is 6.02. The molecule has 27 heavy (non-hydrogen) atoms. The standard InChI is InChI=1S/C22H30N2O3/c1-6-16-20(15-7-8-17-18(13-15)27-12-11-26-17)19(21(23)25)14(2)24(16)10-9-22(3,4)5/h7-8,13H,6,9-12H2,1-5H3,(H2,23,25). The lowest BCUT2D eigenvalue weighted by atomic mass is 9.92. The lowest BCUT2D eigenvalue weighted by Gasteiger charge is -2.21. The van der Waals surface area contributed by atoms with Crippen LogP contribution in [-0.4, -0.2) is 23.7 Å². The van der Waals surface area contributed by atoms with Crippen LogP contribution in [0.25, 0.3) is 11.1 Å². The number of carbonyl (C=O) groups is 1. The van der Waals surface area contributed by atoms with E-state index in [-0.39, 0.29) is 11.3 Å². The fourth-order valence-corrected chi connectivity index (χ4v) is 3.73. The van der Waals surface area contributed by atoms with E-state index >= 15 is 0 Å². The number of ether oxygens (including phenoxy) is 2. The maximum absolute atomic E-state index is 12.3. The highest BCUT2D eigenvalue weighted by Gasteiger charge is 2.26. The Labute approximate surface area is 161 Å². The molecule has 0 saturated heterocycles. The molecule has 1 amide bonds. The number of hydrogen-bond acceptors (Lipinski definition) is 3. The number of aromatic nitrogens is 1. The van der Waals surface area contributed by atoms with E-state index < -0.39 is 0 Å². The summed E-state index contributed by atoms with van der Waals surface area (Å²) in [6.07, 6.45) is 1.84.